The van der Waals surface area contributed by atoms with Gasteiger partial charge in [-0.15, -0.1) is 0 Å². The molecule has 1 atom stereocenters. The lowest BCUT2D eigenvalue weighted by Crippen LogP contribution is -2.42. The van der Waals surface area contributed by atoms with Gasteiger partial charge in [0.05, 0.1) is 6.17 Å². The van der Waals surface area contributed by atoms with Crippen molar-refractivity contribution in [3.05, 3.63) is 0 Å². The van der Waals surface area contributed by atoms with E-state index >= 15 is 0 Å². The van der Waals surface area contributed by atoms with Crippen LogP contribution in [0, 0.1) is 0 Å². The van der Waals surface area contributed by atoms with Gasteiger partial charge in [-0.1, -0.05) is 12.8 Å². The maximum atomic E-state index is 6.01. The van der Waals surface area contributed by atoms with Gasteiger partial charge in [0.15, 0.2) is 0 Å². The van der Waals surface area contributed by atoms with Gasteiger partial charge < -0.3 is 16.8 Å². The number of hydrogen-bond donors (Lipinski definition) is 3. The van der Waals surface area contributed by atoms with Gasteiger partial charge in [-0.05, 0) is 33.5 Å². The van der Waals surface area contributed by atoms with E-state index in [0.29, 0.717) is 0 Å². The monoisotopic (exact) mass is 202 g/mol. The molecule has 0 aliphatic rings. The maximum absolute atomic E-state index is 6.01. The summed E-state index contributed by atoms with van der Waals surface area (Å²) >= 11 is 0. The highest BCUT2D eigenvalue weighted by atomic mass is 15.2. The minimum absolute atomic E-state index is 0.195. The number of likely N-dealkylation sites (N-methyl/N-ethyl adjacent to an activating group) is 2. The molecule has 0 aliphatic carbocycles. The molecular weight excluding hydrogens is 176 g/mol. The van der Waals surface area contributed by atoms with Gasteiger partial charge in [0, 0.05) is 13.1 Å². The van der Waals surface area contributed by atoms with Crippen LogP contribution in [0.5, 0.6) is 0 Å². The molecule has 0 aromatic rings. The highest BCUT2D eigenvalue weighted by Crippen LogP contribution is 2.03. The van der Waals surface area contributed by atoms with Gasteiger partial charge in [0.1, 0.15) is 0 Å². The number of unbranched alkanes of at least 4 members (excludes halogenated alkanes) is 2. The normalized spacial score (nSPS) is 13.5. The lowest BCUT2D eigenvalue weighted by molar-refractivity contribution is 0.232. The summed E-state index contributed by atoms with van der Waals surface area (Å²) < 4.78 is 0. The molecule has 0 aliphatic heterocycles. The van der Waals surface area contributed by atoms with Crippen molar-refractivity contribution in [1.29, 1.82) is 0 Å². The van der Waals surface area contributed by atoms with Crippen LogP contribution in [0.4, 0.5) is 0 Å². The second kappa shape index (κ2) is 9.40. The van der Waals surface area contributed by atoms with E-state index in [1.165, 1.54) is 12.8 Å². The van der Waals surface area contributed by atoms with Crippen molar-refractivity contribution < 1.29 is 0 Å². The molecule has 5 N–H and O–H groups in total. The Kier molecular flexibility index (Phi) is 9.29. The molecule has 0 bridgehead atoms. The molecule has 0 amide bonds. The van der Waals surface area contributed by atoms with Gasteiger partial charge in [0.25, 0.3) is 0 Å². The molecule has 14 heavy (non-hydrogen) atoms. The minimum atomic E-state index is 0.195. The largest absolute Gasteiger partial charge is 0.330 e. The second-order valence-corrected chi connectivity index (χ2v) is 3.79. The molecule has 0 fully saturated rings. The summed E-state index contributed by atoms with van der Waals surface area (Å²) in [5.74, 6) is 0. The Morgan fingerprint density at radius 1 is 1.29 bits per heavy atom. The van der Waals surface area contributed by atoms with Crippen molar-refractivity contribution in [1.82, 2.24) is 10.2 Å². The molecule has 0 radical (unpaired) electrons. The third-order valence-corrected chi connectivity index (χ3v) is 2.48. The highest BCUT2D eigenvalue weighted by Gasteiger charge is 2.07. The molecule has 0 aromatic carbocycles. The molecule has 0 rings (SSSR count). The van der Waals surface area contributed by atoms with E-state index in [1.54, 1.807) is 0 Å². The maximum Gasteiger partial charge on any atom is 0.0569 e. The summed E-state index contributed by atoms with van der Waals surface area (Å²) in [4.78, 5) is 2.19. The summed E-state index contributed by atoms with van der Waals surface area (Å²) in [6, 6.07) is 0. The Balaban J connectivity index is 3.36. The predicted molar refractivity (Wildman–Crippen MR) is 62.1 cm³/mol. The standard InChI is InChI=1S/C10H26N4/c1-13-8-9-14(2)10(12)6-4-3-5-7-11/h10,13H,3-9,11-12H2,1-2H3. The molecule has 0 saturated heterocycles. The van der Waals surface area contributed by atoms with E-state index in [2.05, 4.69) is 17.3 Å². The lowest BCUT2D eigenvalue weighted by atomic mass is 10.1. The van der Waals surface area contributed by atoms with E-state index in [-0.39, 0.29) is 6.17 Å². The van der Waals surface area contributed by atoms with Crippen LogP contribution >= 0.6 is 0 Å². The summed E-state index contributed by atoms with van der Waals surface area (Å²) in [5, 5.41) is 3.12. The van der Waals surface area contributed by atoms with Gasteiger partial charge in [0.2, 0.25) is 0 Å². The smallest absolute Gasteiger partial charge is 0.0569 e. The summed E-state index contributed by atoms with van der Waals surface area (Å²) in [7, 11) is 4.03. The summed E-state index contributed by atoms with van der Waals surface area (Å²) in [6.07, 6.45) is 4.76. The van der Waals surface area contributed by atoms with Crippen molar-refractivity contribution in [2.45, 2.75) is 31.8 Å². The first-order valence-electron chi connectivity index (χ1n) is 5.53. The molecule has 4 heteroatoms. The Morgan fingerprint density at radius 2 is 2.00 bits per heavy atom. The molecule has 4 nitrogen and oxygen atoms in total. The van der Waals surface area contributed by atoms with Crippen molar-refractivity contribution in [2.24, 2.45) is 11.5 Å². The predicted octanol–water partition coefficient (Wildman–Crippen LogP) is -0.0585. The topological polar surface area (TPSA) is 67.3 Å². The third kappa shape index (κ3) is 7.26. The number of rotatable bonds is 9. The molecule has 1 unspecified atom stereocenters. The van der Waals surface area contributed by atoms with E-state index < -0.39 is 0 Å². The van der Waals surface area contributed by atoms with E-state index in [0.717, 1.165) is 32.5 Å². The van der Waals surface area contributed by atoms with Crippen LogP contribution in [-0.4, -0.2) is 44.8 Å². The first-order chi connectivity index (χ1) is 6.72. The third-order valence-electron chi connectivity index (χ3n) is 2.48. The molecule has 86 valence electrons. The molecule has 0 heterocycles. The van der Waals surface area contributed by atoms with Gasteiger partial charge in [-0.25, -0.2) is 0 Å². The summed E-state index contributed by atoms with van der Waals surface area (Å²) in [6.45, 7) is 2.80. The van der Waals surface area contributed by atoms with Gasteiger partial charge >= 0.3 is 0 Å². The fraction of sp³-hybridized carbons (Fsp3) is 1.00. The van der Waals surface area contributed by atoms with Crippen LogP contribution in [0.1, 0.15) is 25.7 Å². The Hall–Kier alpha value is -0.160. The van der Waals surface area contributed by atoms with Crippen molar-refractivity contribution in [3.8, 4) is 0 Å². The number of nitrogens with one attached hydrogen (secondary N) is 1. The van der Waals surface area contributed by atoms with Crippen molar-refractivity contribution in [2.75, 3.05) is 33.7 Å². The van der Waals surface area contributed by atoms with Gasteiger partial charge in [-0.2, -0.15) is 0 Å². The number of hydrogen-bond acceptors (Lipinski definition) is 4. The highest BCUT2D eigenvalue weighted by molar-refractivity contribution is 4.62. The average molecular weight is 202 g/mol. The van der Waals surface area contributed by atoms with Crippen LogP contribution in [0.3, 0.4) is 0 Å². The van der Waals surface area contributed by atoms with Crippen LogP contribution in [0.2, 0.25) is 0 Å². The second-order valence-electron chi connectivity index (χ2n) is 3.79. The molecular formula is C10H26N4. The fourth-order valence-corrected chi connectivity index (χ4v) is 1.35. The Bertz CT molecular complexity index is 119. The van der Waals surface area contributed by atoms with E-state index in [4.69, 9.17) is 11.5 Å². The van der Waals surface area contributed by atoms with Gasteiger partial charge in [-0.3, -0.25) is 4.90 Å². The average Bonchev–Trinajstić information content (AvgIpc) is 2.20. The minimum Gasteiger partial charge on any atom is -0.330 e. The van der Waals surface area contributed by atoms with Crippen LogP contribution in [0.15, 0.2) is 0 Å². The number of nitrogens with zero attached hydrogens (tertiary/aromatic N) is 1. The molecule has 0 saturated carbocycles. The molecule has 0 aromatic heterocycles. The van der Waals surface area contributed by atoms with E-state index in [1.807, 2.05) is 7.05 Å². The summed E-state index contributed by atoms with van der Waals surface area (Å²) in [5.41, 5.74) is 11.4. The zero-order chi connectivity index (χ0) is 10.8. The lowest BCUT2D eigenvalue weighted by Gasteiger charge is -2.24. The van der Waals surface area contributed by atoms with Crippen molar-refractivity contribution in [3.63, 3.8) is 0 Å². The number of nitrogens with two attached hydrogens (primary N) is 2. The Morgan fingerprint density at radius 3 is 2.57 bits per heavy atom. The first-order valence-corrected chi connectivity index (χ1v) is 5.53. The Labute approximate surface area is 88.0 Å². The first kappa shape index (κ1) is 13.8. The zero-order valence-electron chi connectivity index (χ0n) is 9.63. The SMILES string of the molecule is CNCCN(C)C(N)CCCCCN. The van der Waals surface area contributed by atoms with Crippen LogP contribution < -0.4 is 16.8 Å². The van der Waals surface area contributed by atoms with Crippen LogP contribution in [-0.2, 0) is 0 Å². The fourth-order valence-electron chi connectivity index (χ4n) is 1.35. The molecule has 0 spiro atoms. The van der Waals surface area contributed by atoms with E-state index in [9.17, 15) is 0 Å². The van der Waals surface area contributed by atoms with Crippen molar-refractivity contribution >= 4 is 0 Å². The quantitative estimate of drug-likeness (QED) is 0.362. The van der Waals surface area contributed by atoms with Crippen LogP contribution in [0.25, 0.3) is 0 Å². The zero-order valence-corrected chi connectivity index (χ0v) is 9.63.